The number of H-pyrrole nitrogens is 2. The molecule has 0 amide bonds. The number of hydrogen-bond donors (Lipinski definition) is 4. The Morgan fingerprint density at radius 2 is 2.00 bits per heavy atom. The highest BCUT2D eigenvalue weighted by Crippen LogP contribution is 2.30. The summed E-state index contributed by atoms with van der Waals surface area (Å²) in [5.41, 5.74) is 11.8. The summed E-state index contributed by atoms with van der Waals surface area (Å²) in [5, 5.41) is 4.35. The quantitative estimate of drug-likeness (QED) is 0.468. The van der Waals surface area contributed by atoms with Gasteiger partial charge < -0.3 is 21.0 Å². The van der Waals surface area contributed by atoms with E-state index in [1.165, 1.54) is 10.9 Å². The third-order valence-electron chi connectivity index (χ3n) is 3.96. The maximum absolute atomic E-state index is 5.94. The molecule has 0 saturated heterocycles. The predicted molar refractivity (Wildman–Crippen MR) is 93.1 cm³/mol. The van der Waals surface area contributed by atoms with E-state index in [4.69, 9.17) is 5.73 Å². The first-order chi connectivity index (χ1) is 11.1. The fourth-order valence-electron chi connectivity index (χ4n) is 2.98. The lowest BCUT2D eigenvalue weighted by Gasteiger charge is -2.01. The zero-order valence-electron chi connectivity index (χ0n) is 13.1. The van der Waals surface area contributed by atoms with Gasteiger partial charge in [0.05, 0.1) is 5.52 Å². The molecule has 3 aromatic heterocycles. The third-order valence-corrected chi connectivity index (χ3v) is 3.96. The summed E-state index contributed by atoms with van der Waals surface area (Å²) in [5.74, 6) is 1.29. The van der Waals surface area contributed by atoms with Gasteiger partial charge in [-0.2, -0.15) is 0 Å². The number of aromatic amines is 2. The number of anilines is 1. The molecule has 0 atom stereocenters. The molecule has 6 heteroatoms. The van der Waals surface area contributed by atoms with Crippen LogP contribution in [-0.4, -0.2) is 27.0 Å². The van der Waals surface area contributed by atoms with E-state index in [1.807, 2.05) is 20.0 Å². The van der Waals surface area contributed by atoms with Gasteiger partial charge in [-0.25, -0.2) is 9.97 Å². The van der Waals surface area contributed by atoms with E-state index in [1.54, 1.807) is 0 Å². The van der Waals surface area contributed by atoms with Crippen molar-refractivity contribution in [1.29, 1.82) is 0 Å². The van der Waals surface area contributed by atoms with Crippen molar-refractivity contribution in [3.63, 3.8) is 0 Å². The monoisotopic (exact) mass is 306 g/mol. The topological polar surface area (TPSA) is 95.4 Å². The molecule has 0 radical (unpaired) electrons. The van der Waals surface area contributed by atoms with Crippen molar-refractivity contribution >= 4 is 27.9 Å². The fraction of sp³-hybridized carbons (Fsp3) is 0.176. The lowest BCUT2D eigenvalue weighted by molar-refractivity contribution is 0.819. The molecule has 6 nitrogen and oxygen atoms in total. The zero-order valence-corrected chi connectivity index (χ0v) is 13.1. The third kappa shape index (κ3) is 2.33. The van der Waals surface area contributed by atoms with Gasteiger partial charge in [0.15, 0.2) is 5.65 Å². The van der Waals surface area contributed by atoms with Crippen molar-refractivity contribution in [2.45, 2.75) is 13.5 Å². The Hall–Kier alpha value is -2.86. The number of imidazole rings is 1. The van der Waals surface area contributed by atoms with Crippen molar-refractivity contribution in [3.8, 4) is 11.3 Å². The normalized spacial score (nSPS) is 11.6. The van der Waals surface area contributed by atoms with Crippen LogP contribution < -0.4 is 11.1 Å². The first kappa shape index (κ1) is 13.8. The lowest BCUT2D eigenvalue weighted by Crippen LogP contribution is -2.04. The van der Waals surface area contributed by atoms with E-state index in [2.05, 4.69) is 49.5 Å². The van der Waals surface area contributed by atoms with Gasteiger partial charge in [-0.05, 0) is 43.8 Å². The van der Waals surface area contributed by atoms with E-state index >= 15 is 0 Å². The number of fused-ring (bicyclic) bond motifs is 2. The summed E-state index contributed by atoms with van der Waals surface area (Å²) < 4.78 is 0. The number of nitrogens with two attached hydrogens (primary N) is 1. The second-order valence-electron chi connectivity index (χ2n) is 5.75. The van der Waals surface area contributed by atoms with E-state index in [0.29, 0.717) is 11.5 Å². The number of benzene rings is 1. The van der Waals surface area contributed by atoms with E-state index < -0.39 is 0 Å². The highest BCUT2D eigenvalue weighted by Gasteiger charge is 2.12. The number of aromatic nitrogens is 4. The van der Waals surface area contributed by atoms with E-state index in [9.17, 15) is 0 Å². The Labute approximate surface area is 133 Å². The van der Waals surface area contributed by atoms with Gasteiger partial charge in [0.25, 0.3) is 0 Å². The van der Waals surface area contributed by atoms with Crippen LogP contribution in [0.3, 0.4) is 0 Å². The van der Waals surface area contributed by atoms with Crippen molar-refractivity contribution in [2.75, 3.05) is 12.8 Å². The summed E-state index contributed by atoms with van der Waals surface area (Å²) >= 11 is 0. The molecule has 0 fully saturated rings. The SMILES string of the molecule is CNCc1ccc2[nH]c(-c3cc(N)nc4nc(C)[nH]c34)cc2c1. The molecule has 3 heterocycles. The first-order valence-electron chi connectivity index (χ1n) is 7.53. The second kappa shape index (κ2) is 5.10. The molecule has 1 aromatic carbocycles. The van der Waals surface area contributed by atoms with Gasteiger partial charge in [0, 0.05) is 28.7 Å². The van der Waals surface area contributed by atoms with Gasteiger partial charge in [0.2, 0.25) is 0 Å². The van der Waals surface area contributed by atoms with Crippen LogP contribution in [0, 0.1) is 6.92 Å². The van der Waals surface area contributed by atoms with Crippen LogP contribution in [0.15, 0.2) is 30.3 Å². The van der Waals surface area contributed by atoms with Crippen molar-refractivity contribution < 1.29 is 0 Å². The molecule has 0 aliphatic carbocycles. The smallest absolute Gasteiger partial charge is 0.180 e. The summed E-state index contributed by atoms with van der Waals surface area (Å²) in [6.07, 6.45) is 0. The molecule has 0 saturated carbocycles. The first-order valence-corrected chi connectivity index (χ1v) is 7.53. The summed E-state index contributed by atoms with van der Waals surface area (Å²) in [4.78, 5) is 15.4. The van der Waals surface area contributed by atoms with Crippen LogP contribution in [0.25, 0.3) is 33.3 Å². The van der Waals surface area contributed by atoms with E-state index in [0.717, 1.165) is 34.7 Å². The molecule has 0 spiro atoms. The van der Waals surface area contributed by atoms with Crippen LogP contribution in [0.5, 0.6) is 0 Å². The molecule has 0 unspecified atom stereocenters. The van der Waals surface area contributed by atoms with Crippen molar-refractivity contribution in [2.24, 2.45) is 0 Å². The van der Waals surface area contributed by atoms with Crippen molar-refractivity contribution in [3.05, 3.63) is 41.7 Å². The molecule has 116 valence electrons. The highest BCUT2D eigenvalue weighted by molar-refractivity contribution is 5.95. The summed E-state index contributed by atoms with van der Waals surface area (Å²) in [6, 6.07) is 10.4. The van der Waals surface area contributed by atoms with Gasteiger partial charge in [-0.15, -0.1) is 0 Å². The van der Waals surface area contributed by atoms with Gasteiger partial charge in [-0.3, -0.25) is 0 Å². The minimum atomic E-state index is 0.466. The highest BCUT2D eigenvalue weighted by atomic mass is 15.0. The average Bonchev–Trinajstić information content (AvgIpc) is 3.08. The Morgan fingerprint density at radius 3 is 2.83 bits per heavy atom. The number of hydrogen-bond acceptors (Lipinski definition) is 4. The molecule has 0 aliphatic rings. The Kier molecular flexibility index (Phi) is 3.06. The summed E-state index contributed by atoms with van der Waals surface area (Å²) in [6.45, 7) is 2.76. The number of nitrogens with one attached hydrogen (secondary N) is 3. The maximum atomic E-state index is 5.94. The second-order valence-corrected chi connectivity index (χ2v) is 5.75. The fourth-order valence-corrected chi connectivity index (χ4v) is 2.98. The van der Waals surface area contributed by atoms with Gasteiger partial charge in [0.1, 0.15) is 11.6 Å². The Balaban J connectivity index is 1.91. The van der Waals surface area contributed by atoms with Crippen LogP contribution in [0.4, 0.5) is 5.82 Å². The molecule has 4 rings (SSSR count). The molecular formula is C17H18N6. The molecular weight excluding hydrogens is 288 g/mol. The minimum Gasteiger partial charge on any atom is -0.384 e. The van der Waals surface area contributed by atoms with Crippen LogP contribution in [-0.2, 0) is 6.54 Å². The summed E-state index contributed by atoms with van der Waals surface area (Å²) in [7, 11) is 1.95. The number of pyridine rings is 1. The number of nitrogens with zero attached hydrogens (tertiary/aromatic N) is 2. The number of rotatable bonds is 3. The average molecular weight is 306 g/mol. The van der Waals surface area contributed by atoms with Gasteiger partial charge in [-0.1, -0.05) is 6.07 Å². The van der Waals surface area contributed by atoms with Crippen LogP contribution >= 0.6 is 0 Å². The largest absolute Gasteiger partial charge is 0.384 e. The van der Waals surface area contributed by atoms with Gasteiger partial charge >= 0.3 is 0 Å². The zero-order chi connectivity index (χ0) is 16.0. The molecule has 4 aromatic rings. The van der Waals surface area contributed by atoms with E-state index in [-0.39, 0.29) is 0 Å². The maximum Gasteiger partial charge on any atom is 0.180 e. The minimum absolute atomic E-state index is 0.466. The van der Waals surface area contributed by atoms with Crippen molar-refractivity contribution in [1.82, 2.24) is 25.3 Å². The molecule has 5 N–H and O–H groups in total. The van der Waals surface area contributed by atoms with Crippen LogP contribution in [0.2, 0.25) is 0 Å². The Morgan fingerprint density at radius 1 is 1.13 bits per heavy atom. The molecule has 23 heavy (non-hydrogen) atoms. The number of nitrogen functional groups attached to an aromatic ring is 1. The Bertz CT molecular complexity index is 1010. The molecule has 0 aliphatic heterocycles. The lowest BCUT2D eigenvalue weighted by atomic mass is 10.1. The number of aryl methyl sites for hydroxylation is 1. The predicted octanol–water partition coefficient (Wildman–Crippen LogP) is 2.72. The standard InChI is InChI=1S/C17H18N6/c1-9-20-16-12(7-15(18)23-17(16)21-9)14-6-11-5-10(8-19-2)3-4-13(11)22-14/h3-7,19,22H,8H2,1-2H3,(H3,18,20,21,23). The molecule has 0 bridgehead atoms. The van der Waals surface area contributed by atoms with Crippen LogP contribution in [0.1, 0.15) is 11.4 Å².